The van der Waals surface area contributed by atoms with Gasteiger partial charge in [-0.2, -0.15) is 5.26 Å². The van der Waals surface area contributed by atoms with Crippen LogP contribution in [-0.4, -0.2) is 4.92 Å². The minimum absolute atomic E-state index is 0.176. The molecule has 7 nitrogen and oxygen atoms in total. The first kappa shape index (κ1) is 14.6. The number of nitro groups is 1. The topological polar surface area (TPSA) is 117 Å². The molecule has 0 aliphatic carbocycles. The normalized spacial score (nSPS) is 9.76. The van der Waals surface area contributed by atoms with Crippen LogP contribution in [0.2, 0.25) is 5.02 Å². The van der Waals surface area contributed by atoms with Crippen molar-refractivity contribution in [1.29, 1.82) is 5.26 Å². The fraction of sp³-hybridized carbons (Fsp3) is 0. The maximum Gasteiger partial charge on any atom is 0.316 e. The third-order valence-electron chi connectivity index (χ3n) is 2.74. The summed E-state index contributed by atoms with van der Waals surface area (Å²) in [7, 11) is 0. The largest absolute Gasteiger partial charge is 0.349 e. The zero-order valence-electron chi connectivity index (χ0n) is 10.6. The van der Waals surface area contributed by atoms with Crippen LogP contribution in [-0.2, 0) is 0 Å². The van der Waals surface area contributed by atoms with Gasteiger partial charge in [0.15, 0.2) is 0 Å². The Morgan fingerprint density at radius 1 is 1.24 bits per heavy atom. The molecular formula is C13H10ClN5O2. The number of hydrogen-bond acceptors (Lipinski definition) is 6. The number of nitrogens with two attached hydrogens (primary N) is 1. The van der Waals surface area contributed by atoms with Crippen molar-refractivity contribution in [3.05, 3.63) is 57.1 Å². The number of nitrogens with one attached hydrogen (secondary N) is 2. The molecule has 0 aromatic heterocycles. The number of halogens is 1. The van der Waals surface area contributed by atoms with Gasteiger partial charge < -0.3 is 10.7 Å². The molecule has 21 heavy (non-hydrogen) atoms. The van der Waals surface area contributed by atoms with E-state index in [1.165, 1.54) is 18.2 Å². The highest BCUT2D eigenvalue weighted by Gasteiger charge is 2.19. The maximum atomic E-state index is 11.2. The fourth-order valence-corrected chi connectivity index (χ4v) is 2.02. The van der Waals surface area contributed by atoms with Gasteiger partial charge in [0, 0.05) is 0 Å². The van der Waals surface area contributed by atoms with E-state index in [0.717, 1.165) is 0 Å². The summed E-state index contributed by atoms with van der Waals surface area (Å²) in [6, 6.07) is 11.2. The molecule has 0 saturated heterocycles. The lowest BCUT2D eigenvalue weighted by atomic mass is 10.2. The van der Waals surface area contributed by atoms with Crippen LogP contribution < -0.4 is 16.6 Å². The van der Waals surface area contributed by atoms with E-state index in [2.05, 4.69) is 10.7 Å². The average Bonchev–Trinajstić information content (AvgIpc) is 2.48. The predicted molar refractivity (Wildman–Crippen MR) is 80.4 cm³/mol. The number of hydrogen-bond donors (Lipinski definition) is 3. The Kier molecular flexibility index (Phi) is 4.23. The van der Waals surface area contributed by atoms with E-state index in [1.54, 1.807) is 18.2 Å². The third-order valence-corrected chi connectivity index (χ3v) is 3.05. The molecule has 2 aromatic carbocycles. The summed E-state index contributed by atoms with van der Waals surface area (Å²) >= 11 is 6.04. The molecule has 0 amide bonds. The molecule has 2 aromatic rings. The highest BCUT2D eigenvalue weighted by Crippen LogP contribution is 2.36. The molecule has 2 rings (SSSR count). The minimum atomic E-state index is -0.547. The molecule has 8 heteroatoms. The summed E-state index contributed by atoms with van der Waals surface area (Å²) in [5, 5.41) is 23.1. The van der Waals surface area contributed by atoms with Crippen molar-refractivity contribution >= 4 is 34.4 Å². The number of nitrogens with zero attached hydrogens (tertiary/aromatic N) is 2. The summed E-state index contributed by atoms with van der Waals surface area (Å²) in [5.74, 6) is 5.27. The quantitative estimate of drug-likeness (QED) is 0.454. The lowest BCUT2D eigenvalue weighted by molar-refractivity contribution is -0.383. The van der Waals surface area contributed by atoms with E-state index in [4.69, 9.17) is 22.7 Å². The van der Waals surface area contributed by atoms with E-state index in [1.807, 2.05) is 6.07 Å². The Balaban J connectivity index is 2.45. The van der Waals surface area contributed by atoms with E-state index < -0.39 is 4.92 Å². The van der Waals surface area contributed by atoms with E-state index in [-0.39, 0.29) is 22.1 Å². The molecule has 0 aliphatic heterocycles. The SMILES string of the molecule is N#Cc1ccc(Nc2cccc(NN)c2[N+](=O)[O-])c(Cl)c1. The summed E-state index contributed by atoms with van der Waals surface area (Å²) in [5.41, 5.74) is 3.35. The van der Waals surface area contributed by atoms with Crippen molar-refractivity contribution in [2.24, 2.45) is 5.84 Å². The van der Waals surface area contributed by atoms with Crippen molar-refractivity contribution in [3.8, 4) is 6.07 Å². The van der Waals surface area contributed by atoms with Gasteiger partial charge in [-0.1, -0.05) is 17.7 Å². The molecular weight excluding hydrogens is 294 g/mol. The first-order chi connectivity index (χ1) is 10.1. The van der Waals surface area contributed by atoms with E-state index >= 15 is 0 Å². The van der Waals surface area contributed by atoms with Gasteiger partial charge in [0.1, 0.15) is 11.4 Å². The summed E-state index contributed by atoms with van der Waals surface area (Å²) in [4.78, 5) is 10.6. The molecule has 0 unspecified atom stereocenters. The van der Waals surface area contributed by atoms with Crippen LogP contribution in [0, 0.1) is 21.4 Å². The Hall–Kier alpha value is -2.82. The van der Waals surface area contributed by atoms with Crippen LogP contribution >= 0.6 is 11.6 Å². The second-order valence-corrected chi connectivity index (χ2v) is 4.44. The van der Waals surface area contributed by atoms with Crippen molar-refractivity contribution in [2.45, 2.75) is 0 Å². The molecule has 0 radical (unpaired) electrons. The second kappa shape index (κ2) is 6.09. The molecule has 0 saturated carbocycles. The first-order valence-electron chi connectivity index (χ1n) is 5.77. The number of benzene rings is 2. The van der Waals surface area contributed by atoms with Crippen LogP contribution in [0.1, 0.15) is 5.56 Å². The van der Waals surface area contributed by atoms with Gasteiger partial charge in [-0.25, -0.2) is 0 Å². The highest BCUT2D eigenvalue weighted by atomic mass is 35.5. The monoisotopic (exact) mass is 303 g/mol. The lowest BCUT2D eigenvalue weighted by Gasteiger charge is -2.11. The number of hydrazine groups is 1. The molecule has 4 N–H and O–H groups in total. The molecule has 106 valence electrons. The minimum Gasteiger partial charge on any atom is -0.349 e. The smallest absolute Gasteiger partial charge is 0.316 e. The molecule has 0 bridgehead atoms. The van der Waals surface area contributed by atoms with Gasteiger partial charge >= 0.3 is 5.69 Å². The summed E-state index contributed by atoms with van der Waals surface area (Å²) in [6.07, 6.45) is 0. The fourth-order valence-electron chi connectivity index (χ4n) is 1.79. The van der Waals surface area contributed by atoms with Crippen LogP contribution in [0.4, 0.5) is 22.7 Å². The van der Waals surface area contributed by atoms with Gasteiger partial charge in [0.05, 0.1) is 27.3 Å². The van der Waals surface area contributed by atoms with Crippen LogP contribution in [0.5, 0.6) is 0 Å². The van der Waals surface area contributed by atoms with Crippen molar-refractivity contribution < 1.29 is 4.92 Å². The van der Waals surface area contributed by atoms with Gasteiger partial charge in [0.2, 0.25) is 0 Å². The number of anilines is 3. The molecule has 0 fully saturated rings. The standard InChI is InChI=1S/C13H10ClN5O2/c14-9-6-8(7-15)4-5-10(9)17-11-2-1-3-12(18-16)13(11)19(20)21/h1-6,17-18H,16H2. The average molecular weight is 304 g/mol. The Bertz CT molecular complexity index is 742. The van der Waals surface area contributed by atoms with E-state index in [0.29, 0.717) is 11.3 Å². The number of para-hydroxylation sites is 1. The molecule has 0 aliphatic rings. The third kappa shape index (κ3) is 3.02. The van der Waals surface area contributed by atoms with Crippen molar-refractivity contribution in [1.82, 2.24) is 0 Å². The van der Waals surface area contributed by atoms with Crippen LogP contribution in [0.15, 0.2) is 36.4 Å². The number of rotatable bonds is 4. The first-order valence-corrected chi connectivity index (χ1v) is 6.15. The van der Waals surface area contributed by atoms with Gasteiger partial charge in [-0.3, -0.25) is 16.0 Å². The Labute approximate surface area is 125 Å². The number of nitro benzene ring substituents is 1. The maximum absolute atomic E-state index is 11.2. The molecule has 0 spiro atoms. The van der Waals surface area contributed by atoms with Gasteiger partial charge in [-0.15, -0.1) is 0 Å². The zero-order chi connectivity index (χ0) is 15.4. The Morgan fingerprint density at radius 2 is 1.95 bits per heavy atom. The summed E-state index contributed by atoms with van der Waals surface area (Å²) < 4.78 is 0. The molecule has 0 heterocycles. The van der Waals surface area contributed by atoms with Gasteiger partial charge in [-0.05, 0) is 30.3 Å². The highest BCUT2D eigenvalue weighted by molar-refractivity contribution is 6.33. The predicted octanol–water partition coefficient (Wildman–Crippen LogP) is 3.15. The van der Waals surface area contributed by atoms with Crippen molar-refractivity contribution in [3.63, 3.8) is 0 Å². The van der Waals surface area contributed by atoms with Gasteiger partial charge in [0.25, 0.3) is 0 Å². The molecule has 0 atom stereocenters. The van der Waals surface area contributed by atoms with Crippen LogP contribution in [0.25, 0.3) is 0 Å². The Morgan fingerprint density at radius 3 is 2.52 bits per heavy atom. The van der Waals surface area contributed by atoms with Crippen LogP contribution in [0.3, 0.4) is 0 Å². The zero-order valence-corrected chi connectivity index (χ0v) is 11.4. The second-order valence-electron chi connectivity index (χ2n) is 4.03. The number of nitriles is 1. The lowest BCUT2D eigenvalue weighted by Crippen LogP contribution is -2.10. The van der Waals surface area contributed by atoms with E-state index in [9.17, 15) is 10.1 Å². The summed E-state index contributed by atoms with van der Waals surface area (Å²) in [6.45, 7) is 0. The number of nitrogen functional groups attached to an aromatic ring is 1. The van der Waals surface area contributed by atoms with Crippen molar-refractivity contribution in [2.75, 3.05) is 10.7 Å².